The number of benzene rings is 2. The lowest BCUT2D eigenvalue weighted by Crippen LogP contribution is -2.19. The number of aromatic nitrogens is 2. The molecule has 1 saturated carbocycles. The predicted octanol–water partition coefficient (Wildman–Crippen LogP) is 4.46. The van der Waals surface area contributed by atoms with E-state index in [0.29, 0.717) is 31.4 Å². The van der Waals surface area contributed by atoms with Gasteiger partial charge in [-0.25, -0.2) is 4.98 Å². The van der Waals surface area contributed by atoms with E-state index in [-0.39, 0.29) is 12.7 Å². The SMILES string of the molecule is CCOc1cc(Cc2cnc(N)nc2N)cc(OCC2CCC2)c1-c1ccc(OCOC)cc1. The Morgan fingerprint density at radius 3 is 2.35 bits per heavy atom. The highest BCUT2D eigenvalue weighted by molar-refractivity contribution is 5.78. The summed E-state index contributed by atoms with van der Waals surface area (Å²) < 4.78 is 23.0. The Balaban J connectivity index is 1.71. The minimum atomic E-state index is 0.161. The summed E-state index contributed by atoms with van der Waals surface area (Å²) in [6.45, 7) is 3.38. The second kappa shape index (κ2) is 11.1. The van der Waals surface area contributed by atoms with E-state index < -0.39 is 0 Å². The monoisotopic (exact) mass is 464 g/mol. The molecular formula is C26H32N4O4. The van der Waals surface area contributed by atoms with Gasteiger partial charge in [0.1, 0.15) is 23.1 Å². The van der Waals surface area contributed by atoms with E-state index in [0.717, 1.165) is 39.5 Å². The van der Waals surface area contributed by atoms with Crippen LogP contribution in [0, 0.1) is 5.92 Å². The Hall–Kier alpha value is -3.52. The van der Waals surface area contributed by atoms with E-state index in [9.17, 15) is 0 Å². The first-order valence-corrected chi connectivity index (χ1v) is 11.6. The van der Waals surface area contributed by atoms with E-state index in [1.807, 2.05) is 37.3 Å². The first-order chi connectivity index (χ1) is 16.6. The van der Waals surface area contributed by atoms with Crippen LogP contribution in [0.25, 0.3) is 11.1 Å². The normalized spacial score (nSPS) is 13.4. The molecular weight excluding hydrogens is 432 g/mol. The number of hydrogen-bond donors (Lipinski definition) is 2. The molecule has 4 N–H and O–H groups in total. The van der Waals surface area contributed by atoms with Crippen LogP contribution in [0.3, 0.4) is 0 Å². The van der Waals surface area contributed by atoms with E-state index >= 15 is 0 Å². The molecule has 1 fully saturated rings. The number of ether oxygens (including phenoxy) is 4. The van der Waals surface area contributed by atoms with Gasteiger partial charge in [-0.2, -0.15) is 4.98 Å². The van der Waals surface area contributed by atoms with Crippen molar-refractivity contribution < 1.29 is 18.9 Å². The van der Waals surface area contributed by atoms with Gasteiger partial charge in [0, 0.05) is 25.3 Å². The zero-order chi connectivity index (χ0) is 23.9. The van der Waals surface area contributed by atoms with Crippen molar-refractivity contribution in [2.45, 2.75) is 32.6 Å². The maximum Gasteiger partial charge on any atom is 0.221 e. The second-order valence-corrected chi connectivity index (χ2v) is 8.40. The van der Waals surface area contributed by atoms with Gasteiger partial charge in [0.2, 0.25) is 5.95 Å². The summed E-state index contributed by atoms with van der Waals surface area (Å²) in [4.78, 5) is 8.18. The summed E-state index contributed by atoms with van der Waals surface area (Å²) in [6.07, 6.45) is 5.89. The molecule has 34 heavy (non-hydrogen) atoms. The topological polar surface area (TPSA) is 115 Å². The van der Waals surface area contributed by atoms with Crippen molar-refractivity contribution in [2.75, 3.05) is 38.6 Å². The van der Waals surface area contributed by atoms with Crippen LogP contribution in [0.2, 0.25) is 0 Å². The Bertz CT molecular complexity index is 1100. The smallest absolute Gasteiger partial charge is 0.221 e. The second-order valence-electron chi connectivity index (χ2n) is 8.40. The Morgan fingerprint density at radius 1 is 1.00 bits per heavy atom. The molecule has 1 aliphatic carbocycles. The minimum Gasteiger partial charge on any atom is -0.493 e. The Labute approximate surface area is 200 Å². The van der Waals surface area contributed by atoms with Crippen LogP contribution >= 0.6 is 0 Å². The van der Waals surface area contributed by atoms with E-state index in [1.165, 1.54) is 19.3 Å². The molecule has 2 aromatic carbocycles. The summed E-state index contributed by atoms with van der Waals surface area (Å²) in [5, 5.41) is 0. The highest BCUT2D eigenvalue weighted by Crippen LogP contribution is 2.42. The lowest BCUT2D eigenvalue weighted by molar-refractivity contribution is 0.0511. The van der Waals surface area contributed by atoms with Gasteiger partial charge in [0.05, 0.1) is 18.8 Å². The fraction of sp³-hybridized carbons (Fsp3) is 0.385. The molecule has 0 bridgehead atoms. The van der Waals surface area contributed by atoms with Crippen LogP contribution in [0.4, 0.5) is 11.8 Å². The maximum atomic E-state index is 6.39. The van der Waals surface area contributed by atoms with E-state index in [2.05, 4.69) is 16.0 Å². The van der Waals surface area contributed by atoms with E-state index in [4.69, 9.17) is 30.4 Å². The number of nitrogens with two attached hydrogens (primary N) is 2. The van der Waals surface area contributed by atoms with Crippen LogP contribution in [-0.4, -0.2) is 37.1 Å². The summed E-state index contributed by atoms with van der Waals surface area (Å²) in [7, 11) is 1.60. The maximum absolute atomic E-state index is 6.39. The van der Waals surface area contributed by atoms with Gasteiger partial charge in [-0.05, 0) is 61.1 Å². The van der Waals surface area contributed by atoms with Crippen molar-refractivity contribution in [3.63, 3.8) is 0 Å². The number of rotatable bonds is 11. The molecule has 0 unspecified atom stereocenters. The van der Waals surface area contributed by atoms with Crippen molar-refractivity contribution in [3.05, 3.63) is 53.7 Å². The lowest BCUT2D eigenvalue weighted by Gasteiger charge is -2.26. The first kappa shape index (κ1) is 23.6. The lowest BCUT2D eigenvalue weighted by atomic mass is 9.86. The largest absolute Gasteiger partial charge is 0.493 e. The van der Waals surface area contributed by atoms with Crippen LogP contribution in [0.5, 0.6) is 17.2 Å². The summed E-state index contributed by atoms with van der Waals surface area (Å²) in [5.41, 5.74) is 15.4. The van der Waals surface area contributed by atoms with Gasteiger partial charge in [-0.15, -0.1) is 0 Å². The molecule has 0 saturated heterocycles. The van der Waals surface area contributed by atoms with Crippen LogP contribution in [-0.2, 0) is 11.2 Å². The van der Waals surface area contributed by atoms with Crippen molar-refractivity contribution in [2.24, 2.45) is 5.92 Å². The minimum absolute atomic E-state index is 0.161. The highest BCUT2D eigenvalue weighted by atomic mass is 16.7. The van der Waals surface area contributed by atoms with Crippen molar-refractivity contribution >= 4 is 11.8 Å². The summed E-state index contributed by atoms with van der Waals surface area (Å²) >= 11 is 0. The standard InChI is InChI=1S/C26H32N4O4/c1-3-32-22-12-18(11-20-14-29-26(28)30-25(20)27)13-23(33-15-17-5-4-6-17)24(22)19-7-9-21(10-8-19)34-16-31-2/h7-10,12-14,17H,3-6,11,15-16H2,1-2H3,(H4,27,28,29,30). The first-order valence-electron chi connectivity index (χ1n) is 11.6. The average Bonchev–Trinajstić information content (AvgIpc) is 2.79. The molecule has 3 aromatic rings. The molecule has 0 spiro atoms. The van der Waals surface area contributed by atoms with Gasteiger partial charge in [-0.3, -0.25) is 0 Å². The van der Waals surface area contributed by atoms with Crippen molar-refractivity contribution in [3.8, 4) is 28.4 Å². The molecule has 0 amide bonds. The van der Waals surface area contributed by atoms with Gasteiger partial charge in [0.15, 0.2) is 6.79 Å². The number of hydrogen-bond acceptors (Lipinski definition) is 8. The van der Waals surface area contributed by atoms with Gasteiger partial charge < -0.3 is 30.4 Å². The van der Waals surface area contributed by atoms with Crippen LogP contribution in [0.1, 0.15) is 37.3 Å². The average molecular weight is 465 g/mol. The predicted molar refractivity (Wildman–Crippen MR) is 132 cm³/mol. The molecule has 8 nitrogen and oxygen atoms in total. The number of nitrogens with zero attached hydrogens (tertiary/aromatic N) is 2. The highest BCUT2D eigenvalue weighted by Gasteiger charge is 2.21. The van der Waals surface area contributed by atoms with Crippen molar-refractivity contribution in [1.82, 2.24) is 9.97 Å². The fourth-order valence-electron chi connectivity index (χ4n) is 3.92. The number of nitrogen functional groups attached to an aromatic ring is 2. The third-order valence-electron chi connectivity index (χ3n) is 5.92. The van der Waals surface area contributed by atoms with Gasteiger partial charge in [-0.1, -0.05) is 18.6 Å². The zero-order valence-corrected chi connectivity index (χ0v) is 19.8. The third-order valence-corrected chi connectivity index (χ3v) is 5.92. The zero-order valence-electron chi connectivity index (χ0n) is 19.8. The molecule has 4 rings (SSSR count). The van der Waals surface area contributed by atoms with Crippen LogP contribution in [0.15, 0.2) is 42.6 Å². The quantitative estimate of drug-likeness (QED) is 0.400. The van der Waals surface area contributed by atoms with Crippen LogP contribution < -0.4 is 25.7 Å². The Kier molecular flexibility index (Phi) is 7.69. The molecule has 180 valence electrons. The van der Waals surface area contributed by atoms with Gasteiger partial charge in [0.25, 0.3) is 0 Å². The molecule has 1 aromatic heterocycles. The molecule has 1 aliphatic rings. The van der Waals surface area contributed by atoms with Gasteiger partial charge >= 0.3 is 0 Å². The number of anilines is 2. The molecule has 8 heteroatoms. The van der Waals surface area contributed by atoms with Crippen molar-refractivity contribution in [1.29, 1.82) is 0 Å². The Morgan fingerprint density at radius 2 is 1.74 bits per heavy atom. The molecule has 0 atom stereocenters. The molecule has 0 aliphatic heterocycles. The number of methoxy groups -OCH3 is 1. The van der Waals surface area contributed by atoms with E-state index in [1.54, 1.807) is 13.3 Å². The molecule has 0 radical (unpaired) electrons. The summed E-state index contributed by atoms with van der Waals surface area (Å²) in [6, 6.07) is 11.9. The summed E-state index contributed by atoms with van der Waals surface area (Å²) in [5.74, 6) is 3.40. The fourth-order valence-corrected chi connectivity index (χ4v) is 3.92. The third kappa shape index (κ3) is 5.69. The molecule has 1 heterocycles.